The number of rotatable bonds is 3. The van der Waals surface area contributed by atoms with Crippen LogP contribution in [0.5, 0.6) is 0 Å². The molecule has 0 aromatic carbocycles. The number of hydrogen-bond donors (Lipinski definition) is 1. The summed E-state index contributed by atoms with van der Waals surface area (Å²) in [6, 6.07) is 0. The van der Waals surface area contributed by atoms with Gasteiger partial charge in [0.15, 0.2) is 0 Å². The van der Waals surface area contributed by atoms with Gasteiger partial charge < -0.3 is 10.1 Å². The van der Waals surface area contributed by atoms with Gasteiger partial charge in [-0.15, -0.1) is 11.3 Å². The number of carbonyl (C=O) groups is 1. The first-order valence-electron chi connectivity index (χ1n) is 7.77. The fourth-order valence-electron chi connectivity index (χ4n) is 3.02. The maximum absolute atomic E-state index is 12.6. The van der Waals surface area contributed by atoms with E-state index in [4.69, 9.17) is 4.74 Å². The molecule has 116 valence electrons. The monoisotopic (exact) mass is 308 g/mol. The van der Waals surface area contributed by atoms with Gasteiger partial charge in [-0.3, -0.25) is 4.79 Å². The summed E-state index contributed by atoms with van der Waals surface area (Å²) in [6.45, 7) is 7.88. The molecule has 0 spiro atoms. The molecule has 1 N–H and O–H groups in total. The third kappa shape index (κ3) is 3.14. The van der Waals surface area contributed by atoms with Crippen LogP contribution in [0.2, 0.25) is 0 Å². The van der Waals surface area contributed by atoms with Crippen LogP contribution in [0.4, 0.5) is 0 Å². The average molecular weight is 308 g/mol. The van der Waals surface area contributed by atoms with E-state index in [-0.39, 0.29) is 16.9 Å². The van der Waals surface area contributed by atoms with Gasteiger partial charge in [-0.05, 0) is 31.6 Å². The summed E-state index contributed by atoms with van der Waals surface area (Å²) in [4.78, 5) is 17.8. The predicted molar refractivity (Wildman–Crippen MR) is 83.8 cm³/mol. The van der Waals surface area contributed by atoms with E-state index in [1.165, 1.54) is 24.2 Å². The number of nitrogens with one attached hydrogen (secondary N) is 1. The SMILES string of the molecule is CC(C)(C)c1ncc(C(=O)NC2(C3CC3)CCOCC2)s1. The van der Waals surface area contributed by atoms with Gasteiger partial charge in [0, 0.05) is 24.2 Å². The van der Waals surface area contributed by atoms with E-state index in [1.54, 1.807) is 6.20 Å². The largest absolute Gasteiger partial charge is 0.381 e. The minimum atomic E-state index is -0.0405. The molecule has 0 unspecified atom stereocenters. The molecule has 4 nitrogen and oxygen atoms in total. The highest BCUT2D eigenvalue weighted by Gasteiger charge is 2.47. The molecule has 0 bridgehead atoms. The molecule has 2 fully saturated rings. The molecule has 2 aliphatic rings. The number of ether oxygens (including phenoxy) is 1. The molecule has 0 atom stereocenters. The topological polar surface area (TPSA) is 51.2 Å². The van der Waals surface area contributed by atoms with Crippen molar-refractivity contribution in [2.75, 3.05) is 13.2 Å². The third-order valence-electron chi connectivity index (χ3n) is 4.48. The zero-order chi connectivity index (χ0) is 15.1. The first-order valence-corrected chi connectivity index (χ1v) is 8.59. The summed E-state index contributed by atoms with van der Waals surface area (Å²) < 4.78 is 5.48. The summed E-state index contributed by atoms with van der Waals surface area (Å²) in [5.74, 6) is 0.678. The Morgan fingerprint density at radius 1 is 1.38 bits per heavy atom. The fourth-order valence-corrected chi connectivity index (χ4v) is 3.89. The molecule has 1 aliphatic carbocycles. The smallest absolute Gasteiger partial charge is 0.263 e. The lowest BCUT2D eigenvalue weighted by molar-refractivity contribution is 0.0277. The number of aromatic nitrogens is 1. The fraction of sp³-hybridized carbons (Fsp3) is 0.750. The van der Waals surface area contributed by atoms with Gasteiger partial charge in [0.05, 0.1) is 11.2 Å². The Morgan fingerprint density at radius 2 is 2.05 bits per heavy atom. The Bertz CT molecular complexity index is 523. The van der Waals surface area contributed by atoms with Gasteiger partial charge in [0.1, 0.15) is 4.88 Å². The van der Waals surface area contributed by atoms with Crippen LogP contribution in [-0.4, -0.2) is 29.6 Å². The van der Waals surface area contributed by atoms with Gasteiger partial charge in [-0.2, -0.15) is 0 Å². The summed E-state index contributed by atoms with van der Waals surface area (Å²) in [6.07, 6.45) is 6.07. The number of nitrogens with zero attached hydrogens (tertiary/aromatic N) is 1. The van der Waals surface area contributed by atoms with Gasteiger partial charge in [-0.1, -0.05) is 20.8 Å². The highest BCUT2D eigenvalue weighted by atomic mass is 32.1. The Hall–Kier alpha value is -0.940. The van der Waals surface area contributed by atoms with E-state index in [0.717, 1.165) is 35.9 Å². The molecule has 3 rings (SSSR count). The van der Waals surface area contributed by atoms with Gasteiger partial charge in [0.25, 0.3) is 5.91 Å². The summed E-state index contributed by atoms with van der Waals surface area (Å²) >= 11 is 1.51. The summed E-state index contributed by atoms with van der Waals surface area (Å²) in [5, 5.41) is 4.34. The maximum Gasteiger partial charge on any atom is 0.263 e. The van der Waals surface area contributed by atoms with Gasteiger partial charge in [-0.25, -0.2) is 4.98 Å². The second kappa shape index (κ2) is 5.36. The van der Waals surface area contributed by atoms with Crippen LogP contribution in [0.15, 0.2) is 6.20 Å². The number of carbonyl (C=O) groups excluding carboxylic acids is 1. The molecule has 1 saturated heterocycles. The second-order valence-electron chi connectivity index (χ2n) is 7.28. The minimum absolute atomic E-state index is 0.00391. The molecule has 2 heterocycles. The molecular weight excluding hydrogens is 284 g/mol. The zero-order valence-electron chi connectivity index (χ0n) is 13.1. The summed E-state index contributed by atoms with van der Waals surface area (Å²) in [5.41, 5.74) is -0.0444. The Labute approximate surface area is 130 Å². The van der Waals surface area contributed by atoms with Crippen molar-refractivity contribution in [2.45, 2.75) is 57.4 Å². The Morgan fingerprint density at radius 3 is 2.57 bits per heavy atom. The molecule has 1 aliphatic heterocycles. The van der Waals surface area contributed by atoms with Crippen molar-refractivity contribution in [3.8, 4) is 0 Å². The van der Waals surface area contributed by atoms with Crippen molar-refractivity contribution < 1.29 is 9.53 Å². The quantitative estimate of drug-likeness (QED) is 0.933. The van der Waals surface area contributed by atoms with E-state index < -0.39 is 0 Å². The molecule has 21 heavy (non-hydrogen) atoms. The van der Waals surface area contributed by atoms with Crippen LogP contribution in [0.3, 0.4) is 0 Å². The predicted octanol–water partition coefficient (Wildman–Crippen LogP) is 3.13. The average Bonchev–Trinajstić information content (AvgIpc) is 3.16. The number of hydrogen-bond acceptors (Lipinski definition) is 4. The molecule has 1 aromatic heterocycles. The molecule has 5 heteroatoms. The lowest BCUT2D eigenvalue weighted by atomic mass is 9.85. The second-order valence-corrected chi connectivity index (χ2v) is 8.31. The highest BCUT2D eigenvalue weighted by Crippen LogP contribution is 2.45. The van der Waals surface area contributed by atoms with E-state index in [0.29, 0.717) is 5.92 Å². The van der Waals surface area contributed by atoms with Crippen LogP contribution < -0.4 is 5.32 Å². The first-order chi connectivity index (χ1) is 9.91. The van der Waals surface area contributed by atoms with E-state index in [2.05, 4.69) is 31.1 Å². The van der Waals surface area contributed by atoms with Crippen molar-refractivity contribution in [3.05, 3.63) is 16.1 Å². The van der Waals surface area contributed by atoms with E-state index >= 15 is 0 Å². The van der Waals surface area contributed by atoms with E-state index in [1.807, 2.05) is 0 Å². The molecular formula is C16H24N2O2S. The van der Waals surface area contributed by atoms with E-state index in [9.17, 15) is 4.79 Å². The van der Waals surface area contributed by atoms with Crippen molar-refractivity contribution >= 4 is 17.2 Å². The van der Waals surface area contributed by atoms with Gasteiger partial charge in [0.2, 0.25) is 0 Å². The lowest BCUT2D eigenvalue weighted by Gasteiger charge is -2.38. The summed E-state index contributed by atoms with van der Waals surface area (Å²) in [7, 11) is 0. The van der Waals surface area contributed by atoms with Crippen molar-refractivity contribution in [1.82, 2.24) is 10.3 Å². The van der Waals surface area contributed by atoms with Crippen LogP contribution in [0.25, 0.3) is 0 Å². The maximum atomic E-state index is 12.6. The lowest BCUT2D eigenvalue weighted by Crippen LogP contribution is -2.53. The molecule has 0 radical (unpaired) electrons. The van der Waals surface area contributed by atoms with Crippen LogP contribution in [0, 0.1) is 5.92 Å². The number of thiazole rings is 1. The standard InChI is InChI=1S/C16H24N2O2S/c1-15(2,3)14-17-10-12(21-14)13(19)18-16(11-4-5-11)6-8-20-9-7-16/h10-11H,4-9H2,1-3H3,(H,18,19). The van der Waals surface area contributed by atoms with Crippen molar-refractivity contribution in [2.24, 2.45) is 5.92 Å². The third-order valence-corrected chi connectivity index (χ3v) is 5.90. The van der Waals surface area contributed by atoms with Gasteiger partial charge >= 0.3 is 0 Å². The minimum Gasteiger partial charge on any atom is -0.381 e. The number of amides is 1. The zero-order valence-corrected chi connectivity index (χ0v) is 13.9. The van der Waals surface area contributed by atoms with Crippen molar-refractivity contribution in [1.29, 1.82) is 0 Å². The van der Waals surface area contributed by atoms with Crippen LogP contribution in [-0.2, 0) is 10.2 Å². The highest BCUT2D eigenvalue weighted by molar-refractivity contribution is 7.13. The Kier molecular flexibility index (Phi) is 3.82. The van der Waals surface area contributed by atoms with Crippen LogP contribution in [0.1, 0.15) is 61.1 Å². The molecule has 1 amide bonds. The Balaban J connectivity index is 1.74. The molecule has 1 aromatic rings. The van der Waals surface area contributed by atoms with Crippen LogP contribution >= 0.6 is 11.3 Å². The molecule has 1 saturated carbocycles. The normalized spacial score (nSPS) is 22.0. The van der Waals surface area contributed by atoms with Crippen molar-refractivity contribution in [3.63, 3.8) is 0 Å². The first kappa shape index (κ1) is 15.0.